The first-order valence-electron chi connectivity index (χ1n) is 13.2. The van der Waals surface area contributed by atoms with Crippen LogP contribution < -0.4 is 10.6 Å². The van der Waals surface area contributed by atoms with Crippen molar-refractivity contribution in [2.24, 2.45) is 24.8 Å². The molecule has 0 bridgehead atoms. The zero-order valence-electron chi connectivity index (χ0n) is 21.4. The molecule has 9 nitrogen and oxygen atoms in total. The summed E-state index contributed by atoms with van der Waals surface area (Å²) >= 11 is 1.61. The minimum absolute atomic E-state index is 0.0283. The Kier molecular flexibility index (Phi) is 6.53. The number of aryl methyl sites for hydroxylation is 2. The lowest BCUT2D eigenvalue weighted by atomic mass is 9.89. The molecule has 202 valence electrons. The fourth-order valence-electron chi connectivity index (χ4n) is 5.38. The van der Waals surface area contributed by atoms with Crippen molar-refractivity contribution in [3.8, 4) is 0 Å². The molecule has 1 amide bonds. The van der Waals surface area contributed by atoms with Gasteiger partial charge in [-0.2, -0.15) is 5.10 Å². The van der Waals surface area contributed by atoms with Gasteiger partial charge in [-0.25, -0.2) is 8.78 Å². The number of Topliss-reactive ketones (excluding diaryl/α,β-unsaturated/α-hetero) is 1. The van der Waals surface area contributed by atoms with Gasteiger partial charge in [0.25, 0.3) is 12.3 Å². The van der Waals surface area contributed by atoms with E-state index >= 15 is 0 Å². The number of halogens is 2. The maximum absolute atomic E-state index is 13.4. The van der Waals surface area contributed by atoms with Gasteiger partial charge >= 0.3 is 0 Å². The number of fused-ring (bicyclic) bond motifs is 1. The molecular formula is C26H31F2N7O2S. The van der Waals surface area contributed by atoms with E-state index in [0.717, 1.165) is 42.5 Å². The number of carbonyl (C=O) groups excluding carboxylic acids is 2. The molecule has 2 unspecified atom stereocenters. The summed E-state index contributed by atoms with van der Waals surface area (Å²) in [6, 6.07) is 1.27. The summed E-state index contributed by atoms with van der Waals surface area (Å²) in [5, 5.41) is 18.3. The fourth-order valence-corrected chi connectivity index (χ4v) is 6.74. The highest BCUT2D eigenvalue weighted by Gasteiger charge is 2.40. The second-order valence-electron chi connectivity index (χ2n) is 10.9. The Morgan fingerprint density at radius 3 is 2.74 bits per heavy atom. The highest BCUT2D eigenvalue weighted by Crippen LogP contribution is 2.43. The Labute approximate surface area is 223 Å². The molecule has 12 heteroatoms. The lowest BCUT2D eigenvalue weighted by Crippen LogP contribution is -2.28. The largest absolute Gasteiger partial charge is 0.352 e. The van der Waals surface area contributed by atoms with Crippen LogP contribution in [0.25, 0.3) is 0 Å². The molecule has 3 heterocycles. The van der Waals surface area contributed by atoms with E-state index in [1.54, 1.807) is 24.7 Å². The van der Waals surface area contributed by atoms with Crippen LogP contribution in [0.5, 0.6) is 0 Å². The lowest BCUT2D eigenvalue weighted by Gasteiger charge is -2.25. The van der Waals surface area contributed by atoms with E-state index in [-0.39, 0.29) is 29.3 Å². The molecule has 2 N–H and O–H groups in total. The first-order chi connectivity index (χ1) is 18.3. The van der Waals surface area contributed by atoms with Gasteiger partial charge in [0, 0.05) is 47.8 Å². The van der Waals surface area contributed by atoms with Crippen molar-refractivity contribution in [3.05, 3.63) is 39.0 Å². The molecule has 0 aromatic carbocycles. The van der Waals surface area contributed by atoms with Crippen LogP contribution >= 0.6 is 11.3 Å². The van der Waals surface area contributed by atoms with Gasteiger partial charge in [-0.3, -0.25) is 18.8 Å². The Bertz CT molecular complexity index is 1380. The van der Waals surface area contributed by atoms with Crippen LogP contribution in [0.15, 0.2) is 12.4 Å². The minimum atomic E-state index is -2.67. The average molecular weight is 544 g/mol. The Morgan fingerprint density at radius 1 is 1.26 bits per heavy atom. The van der Waals surface area contributed by atoms with Gasteiger partial charge in [-0.05, 0) is 55.9 Å². The summed E-state index contributed by atoms with van der Waals surface area (Å²) in [4.78, 5) is 28.4. The second-order valence-corrected chi connectivity index (χ2v) is 12.1. The van der Waals surface area contributed by atoms with Gasteiger partial charge in [0.15, 0.2) is 0 Å². The standard InChI is InChI=1S/C26H31F2N7O2S/c1-13-7-16(13)19(36)10-21-23(25(37)29-11-14-3-4-14)17-8-15(5-6-20(17)38-21)35-12-30-32-26(35)31-22-9-18(24(27)28)33-34(22)2/h9,12-16,24H,3-8,10-11H2,1-2H3,(H,29,37)(H,31,32)/t13?,15-,16?/m0/s1. The monoisotopic (exact) mass is 543 g/mol. The van der Waals surface area contributed by atoms with E-state index in [4.69, 9.17) is 0 Å². The van der Waals surface area contributed by atoms with Crippen molar-refractivity contribution in [2.45, 2.75) is 64.3 Å². The lowest BCUT2D eigenvalue weighted by molar-refractivity contribution is -0.119. The molecular weight excluding hydrogens is 512 g/mol. The summed E-state index contributed by atoms with van der Waals surface area (Å²) in [6.07, 6.45) is 4.70. The Morgan fingerprint density at radius 2 is 2.05 bits per heavy atom. The van der Waals surface area contributed by atoms with Crippen LogP contribution in [0.2, 0.25) is 0 Å². The predicted octanol–water partition coefficient (Wildman–Crippen LogP) is 4.39. The van der Waals surface area contributed by atoms with E-state index in [2.05, 4.69) is 32.9 Å². The molecule has 6 rings (SSSR count). The topological polar surface area (TPSA) is 107 Å². The highest BCUT2D eigenvalue weighted by atomic mass is 32.1. The molecule has 3 aromatic rings. The van der Waals surface area contributed by atoms with Crippen molar-refractivity contribution in [3.63, 3.8) is 0 Å². The van der Waals surface area contributed by atoms with Gasteiger partial charge in [0.2, 0.25) is 5.95 Å². The number of aromatic nitrogens is 5. The van der Waals surface area contributed by atoms with Crippen molar-refractivity contribution in [1.82, 2.24) is 29.9 Å². The maximum Gasteiger partial charge on any atom is 0.282 e. The number of hydrogen-bond donors (Lipinski definition) is 2. The van der Waals surface area contributed by atoms with Crippen molar-refractivity contribution < 1.29 is 18.4 Å². The molecule has 0 radical (unpaired) electrons. The van der Waals surface area contributed by atoms with Crippen LogP contribution in [-0.2, 0) is 31.1 Å². The van der Waals surface area contributed by atoms with Crippen molar-refractivity contribution >= 4 is 34.8 Å². The number of amides is 1. The summed E-state index contributed by atoms with van der Waals surface area (Å²) in [5.41, 5.74) is 1.37. The molecule has 0 saturated heterocycles. The van der Waals surface area contributed by atoms with Gasteiger partial charge in [-0.1, -0.05) is 6.92 Å². The van der Waals surface area contributed by atoms with Crippen molar-refractivity contribution in [1.29, 1.82) is 0 Å². The van der Waals surface area contributed by atoms with E-state index in [1.807, 2.05) is 4.57 Å². The number of alkyl halides is 2. The normalized spacial score (nSPS) is 22.4. The average Bonchev–Trinajstić information content (AvgIpc) is 3.72. The van der Waals surface area contributed by atoms with Gasteiger partial charge < -0.3 is 10.6 Å². The third-order valence-electron chi connectivity index (χ3n) is 7.97. The second kappa shape index (κ2) is 9.87. The number of nitrogens with one attached hydrogen (secondary N) is 2. The first kappa shape index (κ1) is 25.1. The maximum atomic E-state index is 13.4. The quantitative estimate of drug-likeness (QED) is 0.393. The van der Waals surface area contributed by atoms with Gasteiger partial charge in [-0.15, -0.1) is 21.5 Å². The zero-order valence-corrected chi connectivity index (χ0v) is 22.2. The van der Waals surface area contributed by atoms with E-state index in [9.17, 15) is 18.4 Å². The number of nitrogens with zero attached hydrogens (tertiary/aromatic N) is 5. The van der Waals surface area contributed by atoms with Crippen LogP contribution in [0, 0.1) is 17.8 Å². The SMILES string of the molecule is CC1CC1C(=O)Cc1sc2c(c1C(=O)NCC1CC1)C[C@@H](n1cnnc1Nc1cc(C(F)F)nn1C)CC2. The Hall–Kier alpha value is -3.15. The van der Waals surface area contributed by atoms with Crippen molar-refractivity contribution in [2.75, 3.05) is 11.9 Å². The summed E-state index contributed by atoms with van der Waals surface area (Å²) in [6.45, 7) is 2.77. The molecule has 2 fully saturated rings. The zero-order chi connectivity index (χ0) is 26.6. The molecule has 0 spiro atoms. The molecule has 2 saturated carbocycles. The fraction of sp³-hybridized carbons (Fsp3) is 0.577. The van der Waals surface area contributed by atoms with E-state index < -0.39 is 6.43 Å². The summed E-state index contributed by atoms with van der Waals surface area (Å²) in [7, 11) is 1.59. The highest BCUT2D eigenvalue weighted by molar-refractivity contribution is 7.12. The summed E-state index contributed by atoms with van der Waals surface area (Å²) in [5.74, 6) is 2.07. The molecule has 3 atom stereocenters. The number of rotatable bonds is 10. The minimum Gasteiger partial charge on any atom is -0.352 e. The van der Waals surface area contributed by atoms with Crippen LogP contribution in [0.4, 0.5) is 20.5 Å². The van der Waals surface area contributed by atoms with E-state index in [0.29, 0.717) is 48.6 Å². The molecule has 3 aliphatic rings. The third kappa shape index (κ3) is 4.97. The van der Waals surface area contributed by atoms with Gasteiger partial charge in [0.1, 0.15) is 23.6 Å². The first-order valence-corrected chi connectivity index (χ1v) is 14.0. The molecule has 3 aromatic heterocycles. The van der Waals surface area contributed by atoms with Crippen LogP contribution in [0.3, 0.4) is 0 Å². The number of carbonyl (C=O) groups is 2. The van der Waals surface area contributed by atoms with Gasteiger partial charge in [0.05, 0.1) is 5.56 Å². The van der Waals surface area contributed by atoms with E-state index in [1.165, 1.54) is 15.6 Å². The van der Waals surface area contributed by atoms with Crippen LogP contribution in [-0.4, -0.2) is 42.8 Å². The molecule has 3 aliphatic carbocycles. The molecule has 0 aliphatic heterocycles. The Balaban J connectivity index is 1.26. The molecule has 38 heavy (non-hydrogen) atoms. The van der Waals surface area contributed by atoms with Crippen LogP contribution in [0.1, 0.15) is 76.4 Å². The number of thiophene rings is 1. The number of ketones is 1. The summed E-state index contributed by atoms with van der Waals surface area (Å²) < 4.78 is 29.5. The predicted molar refractivity (Wildman–Crippen MR) is 138 cm³/mol. The number of hydrogen-bond acceptors (Lipinski definition) is 7. The number of anilines is 2. The third-order valence-corrected chi connectivity index (χ3v) is 9.26. The smallest absolute Gasteiger partial charge is 0.282 e.